The number of nitrogens with zero attached hydrogens (tertiary/aromatic N) is 1. The molecule has 3 rings (SSSR count). The lowest BCUT2D eigenvalue weighted by atomic mass is 10.1. The average molecular weight is 232 g/mol. The molecule has 1 aliphatic heterocycles. The first-order valence-corrected chi connectivity index (χ1v) is 5.95. The standard InChI is InChI=1S/C12H16N4O/c13-8-2-1-5-16(7-8)9-3-4-10-11(6-9)15-12(17)14-10/h3-4,6,8H,1-2,5,7,13H2,(H2,14,15,17). The summed E-state index contributed by atoms with van der Waals surface area (Å²) in [6.45, 7) is 1.92. The van der Waals surface area contributed by atoms with E-state index in [4.69, 9.17) is 5.73 Å². The van der Waals surface area contributed by atoms with Crippen molar-refractivity contribution in [1.29, 1.82) is 0 Å². The highest BCUT2D eigenvalue weighted by atomic mass is 16.1. The third-order valence-corrected chi connectivity index (χ3v) is 3.32. The Morgan fingerprint density at radius 1 is 1.29 bits per heavy atom. The van der Waals surface area contributed by atoms with Crippen molar-refractivity contribution in [3.8, 4) is 0 Å². The summed E-state index contributed by atoms with van der Waals surface area (Å²) < 4.78 is 0. The molecule has 17 heavy (non-hydrogen) atoms. The van der Waals surface area contributed by atoms with Gasteiger partial charge in [-0.2, -0.15) is 0 Å². The number of nitrogens with two attached hydrogens (primary N) is 1. The van der Waals surface area contributed by atoms with Crippen LogP contribution in [0.2, 0.25) is 0 Å². The minimum absolute atomic E-state index is 0.160. The van der Waals surface area contributed by atoms with Gasteiger partial charge >= 0.3 is 5.69 Å². The Balaban J connectivity index is 1.96. The summed E-state index contributed by atoms with van der Waals surface area (Å²) in [5.74, 6) is 0. The van der Waals surface area contributed by atoms with Crippen molar-refractivity contribution >= 4 is 16.7 Å². The van der Waals surface area contributed by atoms with Gasteiger partial charge < -0.3 is 20.6 Å². The predicted molar refractivity (Wildman–Crippen MR) is 68.3 cm³/mol. The van der Waals surface area contributed by atoms with Crippen LogP contribution in [-0.2, 0) is 0 Å². The Kier molecular flexibility index (Phi) is 2.40. The molecule has 1 aromatic carbocycles. The lowest BCUT2D eigenvalue weighted by molar-refractivity contribution is 0.506. The third kappa shape index (κ3) is 1.93. The van der Waals surface area contributed by atoms with Gasteiger partial charge in [0.05, 0.1) is 11.0 Å². The van der Waals surface area contributed by atoms with Crippen molar-refractivity contribution < 1.29 is 0 Å². The Bertz CT molecular complexity index is 585. The van der Waals surface area contributed by atoms with E-state index in [9.17, 15) is 4.79 Å². The molecule has 0 saturated carbocycles. The number of fused-ring (bicyclic) bond motifs is 1. The Morgan fingerprint density at radius 2 is 2.12 bits per heavy atom. The van der Waals surface area contributed by atoms with E-state index < -0.39 is 0 Å². The van der Waals surface area contributed by atoms with Gasteiger partial charge in [0, 0.05) is 24.8 Å². The molecule has 0 aliphatic carbocycles. The molecule has 90 valence electrons. The molecule has 1 saturated heterocycles. The molecule has 5 nitrogen and oxygen atoms in total. The van der Waals surface area contributed by atoms with E-state index in [-0.39, 0.29) is 11.7 Å². The van der Waals surface area contributed by atoms with Crippen molar-refractivity contribution in [3.63, 3.8) is 0 Å². The molecule has 1 aliphatic rings. The second kappa shape index (κ2) is 3.92. The van der Waals surface area contributed by atoms with Crippen LogP contribution in [0.25, 0.3) is 11.0 Å². The Morgan fingerprint density at radius 3 is 2.94 bits per heavy atom. The molecular formula is C12H16N4O. The van der Waals surface area contributed by atoms with Crippen molar-refractivity contribution in [1.82, 2.24) is 9.97 Å². The topological polar surface area (TPSA) is 77.9 Å². The van der Waals surface area contributed by atoms with Crippen LogP contribution >= 0.6 is 0 Å². The molecule has 0 amide bonds. The van der Waals surface area contributed by atoms with Crippen LogP contribution in [0.3, 0.4) is 0 Å². The first-order valence-electron chi connectivity index (χ1n) is 5.95. The number of hydrogen-bond acceptors (Lipinski definition) is 3. The smallest absolute Gasteiger partial charge is 0.323 e. The fraction of sp³-hybridized carbons (Fsp3) is 0.417. The van der Waals surface area contributed by atoms with Gasteiger partial charge in [-0.3, -0.25) is 0 Å². The van der Waals surface area contributed by atoms with Gasteiger partial charge in [0.2, 0.25) is 0 Å². The second-order valence-electron chi connectivity index (χ2n) is 4.66. The zero-order valence-corrected chi connectivity index (χ0v) is 9.57. The number of hydrogen-bond donors (Lipinski definition) is 3. The molecule has 0 radical (unpaired) electrons. The summed E-state index contributed by atoms with van der Waals surface area (Å²) >= 11 is 0. The van der Waals surface area contributed by atoms with E-state index in [0.29, 0.717) is 0 Å². The zero-order chi connectivity index (χ0) is 11.8. The Hall–Kier alpha value is -1.75. The Labute approximate surface area is 98.6 Å². The fourth-order valence-electron chi connectivity index (χ4n) is 2.46. The fourth-order valence-corrected chi connectivity index (χ4v) is 2.46. The number of imidazole rings is 1. The first-order chi connectivity index (χ1) is 8.22. The van der Waals surface area contributed by atoms with Gasteiger partial charge in [0.1, 0.15) is 0 Å². The first kappa shape index (κ1) is 10.4. The number of piperidine rings is 1. The SMILES string of the molecule is NC1CCCN(c2ccc3[nH]c(=O)[nH]c3c2)C1. The number of nitrogens with one attached hydrogen (secondary N) is 2. The molecule has 0 bridgehead atoms. The number of benzene rings is 1. The summed E-state index contributed by atoms with van der Waals surface area (Å²) in [5, 5.41) is 0. The number of aromatic amines is 2. The maximum atomic E-state index is 11.2. The third-order valence-electron chi connectivity index (χ3n) is 3.32. The maximum Gasteiger partial charge on any atom is 0.323 e. The van der Waals surface area contributed by atoms with E-state index in [2.05, 4.69) is 14.9 Å². The molecule has 1 atom stereocenters. The van der Waals surface area contributed by atoms with Crippen LogP contribution in [0.15, 0.2) is 23.0 Å². The van der Waals surface area contributed by atoms with Gasteiger partial charge in [-0.05, 0) is 31.0 Å². The van der Waals surface area contributed by atoms with Crippen molar-refractivity contribution in [3.05, 3.63) is 28.7 Å². The largest absolute Gasteiger partial charge is 0.370 e. The maximum absolute atomic E-state index is 11.2. The quantitative estimate of drug-likeness (QED) is 0.680. The van der Waals surface area contributed by atoms with Crippen molar-refractivity contribution in [2.24, 2.45) is 5.73 Å². The molecule has 1 fully saturated rings. The van der Waals surface area contributed by atoms with E-state index in [1.807, 2.05) is 18.2 Å². The normalized spacial score (nSPS) is 21.0. The number of anilines is 1. The summed E-state index contributed by atoms with van der Waals surface area (Å²) in [6.07, 6.45) is 2.22. The zero-order valence-electron chi connectivity index (χ0n) is 9.57. The predicted octanol–water partition coefficient (Wildman–Crippen LogP) is 0.784. The van der Waals surface area contributed by atoms with E-state index >= 15 is 0 Å². The van der Waals surface area contributed by atoms with Gasteiger partial charge in [-0.15, -0.1) is 0 Å². The van der Waals surface area contributed by atoms with Crippen LogP contribution in [0.1, 0.15) is 12.8 Å². The number of rotatable bonds is 1. The highest BCUT2D eigenvalue weighted by Gasteiger charge is 2.17. The number of aromatic nitrogens is 2. The van der Waals surface area contributed by atoms with Gasteiger partial charge in [0.15, 0.2) is 0 Å². The molecule has 1 aromatic heterocycles. The molecule has 5 heteroatoms. The summed E-state index contributed by atoms with van der Waals surface area (Å²) in [6, 6.07) is 6.22. The monoisotopic (exact) mass is 232 g/mol. The molecule has 2 heterocycles. The summed E-state index contributed by atoms with van der Waals surface area (Å²) in [7, 11) is 0. The summed E-state index contributed by atoms with van der Waals surface area (Å²) in [4.78, 5) is 19.0. The van der Waals surface area contributed by atoms with Crippen LogP contribution in [0.4, 0.5) is 5.69 Å². The molecule has 4 N–H and O–H groups in total. The molecule has 2 aromatic rings. The van der Waals surface area contributed by atoms with Gasteiger partial charge in [-0.1, -0.05) is 0 Å². The van der Waals surface area contributed by atoms with Crippen molar-refractivity contribution in [2.45, 2.75) is 18.9 Å². The average Bonchev–Trinajstić information content (AvgIpc) is 2.68. The molecule has 1 unspecified atom stereocenters. The molecule has 0 spiro atoms. The summed E-state index contributed by atoms with van der Waals surface area (Å²) in [5.41, 5.74) is 8.64. The lowest BCUT2D eigenvalue weighted by Gasteiger charge is -2.32. The van der Waals surface area contributed by atoms with E-state index in [1.54, 1.807) is 0 Å². The van der Waals surface area contributed by atoms with Crippen molar-refractivity contribution in [2.75, 3.05) is 18.0 Å². The van der Waals surface area contributed by atoms with Crippen LogP contribution in [0, 0.1) is 0 Å². The minimum atomic E-state index is -0.160. The van der Waals surface area contributed by atoms with Crippen LogP contribution in [-0.4, -0.2) is 29.1 Å². The van der Waals surface area contributed by atoms with E-state index in [1.165, 1.54) is 0 Å². The minimum Gasteiger partial charge on any atom is -0.370 e. The highest BCUT2D eigenvalue weighted by molar-refractivity contribution is 5.79. The van der Waals surface area contributed by atoms with Gasteiger partial charge in [-0.25, -0.2) is 4.79 Å². The van der Waals surface area contributed by atoms with Crippen LogP contribution < -0.4 is 16.3 Å². The lowest BCUT2D eigenvalue weighted by Crippen LogP contribution is -2.42. The second-order valence-corrected chi connectivity index (χ2v) is 4.66. The van der Waals surface area contributed by atoms with Crippen LogP contribution in [0.5, 0.6) is 0 Å². The molecular weight excluding hydrogens is 216 g/mol. The number of H-pyrrole nitrogens is 2. The van der Waals surface area contributed by atoms with Gasteiger partial charge in [0.25, 0.3) is 0 Å². The van der Waals surface area contributed by atoms with E-state index in [0.717, 1.165) is 42.7 Å². The highest BCUT2D eigenvalue weighted by Crippen LogP contribution is 2.22.